The Bertz CT molecular complexity index is 994. The summed E-state index contributed by atoms with van der Waals surface area (Å²) in [5, 5.41) is 1.36. The first-order valence-electron chi connectivity index (χ1n) is 6.67. The van der Waals surface area contributed by atoms with Crippen molar-refractivity contribution >= 4 is 31.8 Å². The molecular weight excluding hydrogens is 266 g/mol. The lowest BCUT2D eigenvalue weighted by Gasteiger charge is -1.93. The number of pyridine rings is 1. The van der Waals surface area contributed by atoms with Crippen LogP contribution in [0.5, 0.6) is 0 Å². The minimum atomic E-state index is 0.927. The van der Waals surface area contributed by atoms with E-state index in [4.69, 9.17) is 0 Å². The molecule has 0 aliphatic carbocycles. The highest BCUT2D eigenvalue weighted by atomic mass is 32.1. The number of hydrogen-bond acceptors (Lipinski definition) is 2. The van der Waals surface area contributed by atoms with E-state index in [1.807, 2.05) is 23.7 Å². The molecule has 0 spiro atoms. The Morgan fingerprint density at radius 2 is 2.15 bits per heavy atom. The van der Waals surface area contributed by atoms with E-state index in [2.05, 4.69) is 51.5 Å². The summed E-state index contributed by atoms with van der Waals surface area (Å²) in [7, 11) is 2.17. The van der Waals surface area contributed by atoms with Crippen LogP contribution in [-0.4, -0.2) is 9.55 Å². The Labute approximate surface area is 119 Å². The van der Waals surface area contributed by atoms with Gasteiger partial charge in [0.15, 0.2) is 5.52 Å². The van der Waals surface area contributed by atoms with Crippen molar-refractivity contribution in [1.29, 1.82) is 0 Å². The lowest BCUT2D eigenvalue weighted by molar-refractivity contribution is -0.631. The van der Waals surface area contributed by atoms with Gasteiger partial charge in [-0.2, -0.15) is 0 Å². The molecule has 1 aliphatic rings. The number of benzene rings is 1. The molecule has 4 aromatic rings. The number of nitrogens with zero attached hydrogens (tertiary/aromatic N) is 3. The van der Waals surface area contributed by atoms with Gasteiger partial charge in [-0.3, -0.25) is 4.98 Å². The maximum absolute atomic E-state index is 4.26. The zero-order valence-electron chi connectivity index (χ0n) is 11.0. The van der Waals surface area contributed by atoms with Crippen LogP contribution < -0.4 is 4.57 Å². The van der Waals surface area contributed by atoms with Crippen molar-refractivity contribution in [3.63, 3.8) is 0 Å². The Kier molecular flexibility index (Phi) is 1.83. The van der Waals surface area contributed by atoms with Gasteiger partial charge < -0.3 is 0 Å². The van der Waals surface area contributed by atoms with Gasteiger partial charge in [-0.15, -0.1) is 0 Å². The summed E-state index contributed by atoms with van der Waals surface area (Å²) in [5.41, 5.74) is 3.99. The molecule has 96 valence electrons. The SMILES string of the molecule is C[n+]1c2n(c3c4ccccc4sc31)Cc1cnccc1-2. The maximum Gasteiger partial charge on any atom is 0.291 e. The molecule has 3 aromatic heterocycles. The highest BCUT2D eigenvalue weighted by Crippen LogP contribution is 2.39. The van der Waals surface area contributed by atoms with E-state index in [-0.39, 0.29) is 0 Å². The summed E-state index contributed by atoms with van der Waals surface area (Å²) >= 11 is 1.87. The number of fused-ring (bicyclic) bond motifs is 7. The van der Waals surface area contributed by atoms with E-state index in [1.165, 1.54) is 37.4 Å². The minimum Gasteiger partial charge on any atom is -0.264 e. The molecule has 0 fully saturated rings. The molecule has 1 aliphatic heterocycles. The zero-order valence-corrected chi connectivity index (χ0v) is 11.8. The molecule has 0 radical (unpaired) electrons. The Morgan fingerprint density at radius 1 is 1.25 bits per heavy atom. The molecule has 4 heterocycles. The van der Waals surface area contributed by atoms with Gasteiger partial charge in [-0.25, -0.2) is 9.13 Å². The minimum absolute atomic E-state index is 0.927. The fraction of sp³-hybridized carbons (Fsp3) is 0.125. The fourth-order valence-corrected chi connectivity index (χ4v) is 4.48. The van der Waals surface area contributed by atoms with Crippen molar-refractivity contribution in [3.8, 4) is 11.4 Å². The average Bonchev–Trinajstić information content (AvgIpc) is 3.10. The van der Waals surface area contributed by atoms with Crippen LogP contribution in [0, 0.1) is 0 Å². The predicted octanol–water partition coefficient (Wildman–Crippen LogP) is 3.10. The van der Waals surface area contributed by atoms with Crippen LogP contribution in [0.4, 0.5) is 0 Å². The quantitative estimate of drug-likeness (QED) is 0.399. The van der Waals surface area contributed by atoms with Gasteiger partial charge in [0.05, 0.1) is 12.6 Å². The summed E-state index contributed by atoms with van der Waals surface area (Å²) in [6.45, 7) is 0.927. The Hall–Kier alpha value is -2.20. The van der Waals surface area contributed by atoms with Crippen LogP contribution in [0.3, 0.4) is 0 Å². The van der Waals surface area contributed by atoms with Crippen molar-refractivity contribution in [3.05, 3.63) is 48.3 Å². The van der Waals surface area contributed by atoms with E-state index < -0.39 is 0 Å². The molecule has 0 saturated carbocycles. The molecule has 20 heavy (non-hydrogen) atoms. The van der Waals surface area contributed by atoms with Gasteiger partial charge in [-0.05, 0) is 18.2 Å². The van der Waals surface area contributed by atoms with Gasteiger partial charge in [-0.1, -0.05) is 23.5 Å². The second-order valence-electron chi connectivity index (χ2n) is 5.25. The van der Waals surface area contributed by atoms with Crippen LogP contribution in [0.15, 0.2) is 42.7 Å². The number of thiophene rings is 1. The molecule has 0 atom stereocenters. The van der Waals surface area contributed by atoms with Crippen LogP contribution >= 0.6 is 11.3 Å². The number of imidazole rings is 1. The second kappa shape index (κ2) is 3.46. The first kappa shape index (κ1) is 10.6. The van der Waals surface area contributed by atoms with Crippen LogP contribution in [0.25, 0.3) is 31.8 Å². The van der Waals surface area contributed by atoms with Gasteiger partial charge in [0.25, 0.3) is 5.82 Å². The summed E-state index contributed by atoms with van der Waals surface area (Å²) in [4.78, 5) is 5.61. The fourth-order valence-electron chi connectivity index (χ4n) is 3.31. The largest absolute Gasteiger partial charge is 0.291 e. The van der Waals surface area contributed by atoms with Crippen molar-refractivity contribution in [2.75, 3.05) is 0 Å². The summed E-state index contributed by atoms with van der Waals surface area (Å²) < 4.78 is 6.12. The van der Waals surface area contributed by atoms with Gasteiger partial charge in [0.2, 0.25) is 4.83 Å². The van der Waals surface area contributed by atoms with E-state index in [9.17, 15) is 0 Å². The molecule has 4 heteroatoms. The number of hydrogen-bond donors (Lipinski definition) is 0. The maximum atomic E-state index is 4.26. The monoisotopic (exact) mass is 278 g/mol. The topological polar surface area (TPSA) is 21.7 Å². The third kappa shape index (κ3) is 1.11. The Balaban J connectivity index is 1.99. The number of aryl methyl sites for hydroxylation is 1. The third-order valence-corrected chi connectivity index (χ3v) is 5.41. The molecule has 1 aromatic carbocycles. The average molecular weight is 278 g/mol. The van der Waals surface area contributed by atoms with E-state index in [0.717, 1.165) is 6.54 Å². The zero-order chi connectivity index (χ0) is 13.3. The highest BCUT2D eigenvalue weighted by molar-refractivity contribution is 7.25. The third-order valence-electron chi connectivity index (χ3n) is 4.17. The van der Waals surface area contributed by atoms with Crippen LogP contribution in [0.1, 0.15) is 5.56 Å². The summed E-state index contributed by atoms with van der Waals surface area (Å²) in [6.07, 6.45) is 3.87. The molecule has 5 rings (SSSR count). The van der Waals surface area contributed by atoms with E-state index in [1.54, 1.807) is 0 Å². The molecule has 0 unspecified atom stereocenters. The van der Waals surface area contributed by atoms with Gasteiger partial charge >= 0.3 is 0 Å². The summed E-state index contributed by atoms with van der Waals surface area (Å²) in [5.74, 6) is 1.30. The van der Waals surface area contributed by atoms with Crippen molar-refractivity contribution in [2.24, 2.45) is 7.05 Å². The van der Waals surface area contributed by atoms with Crippen molar-refractivity contribution < 1.29 is 4.57 Å². The van der Waals surface area contributed by atoms with Crippen molar-refractivity contribution in [1.82, 2.24) is 9.55 Å². The molecule has 0 bridgehead atoms. The van der Waals surface area contributed by atoms with Crippen LogP contribution in [0.2, 0.25) is 0 Å². The molecular formula is C16H12N3S+. The first-order valence-corrected chi connectivity index (χ1v) is 7.49. The molecule has 3 nitrogen and oxygen atoms in total. The molecule has 0 amide bonds. The lowest BCUT2D eigenvalue weighted by Crippen LogP contribution is -2.28. The van der Waals surface area contributed by atoms with Gasteiger partial charge in [0.1, 0.15) is 6.54 Å². The van der Waals surface area contributed by atoms with E-state index in [0.29, 0.717) is 0 Å². The molecule has 0 saturated heterocycles. The van der Waals surface area contributed by atoms with Crippen LogP contribution in [-0.2, 0) is 13.6 Å². The lowest BCUT2D eigenvalue weighted by atomic mass is 10.2. The normalized spacial score (nSPS) is 13.1. The highest BCUT2D eigenvalue weighted by Gasteiger charge is 2.34. The smallest absolute Gasteiger partial charge is 0.264 e. The summed E-state index contributed by atoms with van der Waals surface area (Å²) in [6, 6.07) is 10.8. The van der Waals surface area contributed by atoms with Crippen molar-refractivity contribution in [2.45, 2.75) is 6.54 Å². The number of rotatable bonds is 0. The Morgan fingerprint density at radius 3 is 3.10 bits per heavy atom. The number of aromatic nitrogens is 3. The second-order valence-corrected chi connectivity index (χ2v) is 6.28. The van der Waals surface area contributed by atoms with Gasteiger partial charge in [0, 0.05) is 28.0 Å². The van der Waals surface area contributed by atoms with E-state index >= 15 is 0 Å². The first-order chi connectivity index (χ1) is 9.84. The standard InChI is InChI=1S/C16H12N3S/c1-18-15-11-6-7-17-8-10(11)9-19(15)14-12-4-2-3-5-13(12)20-16(14)18/h2-8H,9H2,1H3/q+1. The molecule has 0 N–H and O–H groups in total. The predicted molar refractivity (Wildman–Crippen MR) is 80.8 cm³/mol.